The molecule has 0 saturated carbocycles. The molecule has 0 saturated heterocycles. The maximum atomic E-state index is 11.8. The lowest BCUT2D eigenvalue weighted by Crippen LogP contribution is -2.54. The van der Waals surface area contributed by atoms with Crippen LogP contribution in [0.2, 0.25) is 0 Å². The molecule has 7 nitrogen and oxygen atoms in total. The summed E-state index contributed by atoms with van der Waals surface area (Å²) in [7, 11) is 0. The normalized spacial score (nSPS) is 10.2. The van der Waals surface area contributed by atoms with Crippen LogP contribution in [0, 0.1) is 0 Å². The second-order valence-corrected chi connectivity index (χ2v) is 3.22. The van der Waals surface area contributed by atoms with Gasteiger partial charge in [-0.3, -0.25) is 0 Å². The predicted octanol–water partition coefficient (Wildman–Crippen LogP) is -1.51. The molecule has 0 spiro atoms. The Bertz CT molecular complexity index is 557. The lowest BCUT2D eigenvalue weighted by molar-refractivity contribution is 0.190. The van der Waals surface area contributed by atoms with Gasteiger partial charge in [-0.2, -0.15) is 0 Å². The second kappa shape index (κ2) is 5.26. The van der Waals surface area contributed by atoms with Gasteiger partial charge in [0.05, 0.1) is 13.1 Å². The average molecular weight is 239 g/mol. The zero-order valence-electron chi connectivity index (χ0n) is 9.20. The van der Waals surface area contributed by atoms with Crippen molar-refractivity contribution >= 4 is 0 Å². The van der Waals surface area contributed by atoms with Gasteiger partial charge >= 0.3 is 17.1 Å². The van der Waals surface area contributed by atoms with E-state index in [9.17, 15) is 14.4 Å². The number of rotatable bonds is 5. The van der Waals surface area contributed by atoms with Crippen LogP contribution in [0.15, 0.2) is 39.7 Å². The molecule has 0 amide bonds. The molecule has 1 aromatic heterocycles. The van der Waals surface area contributed by atoms with Gasteiger partial charge in [0.15, 0.2) is 0 Å². The number of hydrogen-bond donors (Lipinski definition) is 1. The minimum atomic E-state index is -0.859. The molecule has 0 aliphatic carbocycles. The summed E-state index contributed by atoms with van der Waals surface area (Å²) in [6, 6.07) is 0. The van der Waals surface area contributed by atoms with Gasteiger partial charge in [0.2, 0.25) is 0 Å². The third-order valence-electron chi connectivity index (χ3n) is 2.15. The Morgan fingerprint density at radius 2 is 1.24 bits per heavy atom. The van der Waals surface area contributed by atoms with E-state index in [2.05, 4.69) is 13.2 Å². The van der Waals surface area contributed by atoms with E-state index in [1.807, 2.05) is 0 Å². The van der Waals surface area contributed by atoms with Gasteiger partial charge in [-0.1, -0.05) is 12.2 Å². The molecule has 1 N–H and O–H groups in total. The molecule has 0 aromatic carbocycles. The molecule has 7 heteroatoms. The maximum absolute atomic E-state index is 11.8. The van der Waals surface area contributed by atoms with Crippen molar-refractivity contribution in [1.29, 1.82) is 0 Å². The fourth-order valence-electron chi connectivity index (χ4n) is 1.37. The van der Waals surface area contributed by atoms with Gasteiger partial charge in [0.25, 0.3) is 0 Å². The highest BCUT2D eigenvalue weighted by Crippen LogP contribution is 1.77. The highest BCUT2D eigenvalue weighted by molar-refractivity contribution is 4.83. The van der Waals surface area contributed by atoms with E-state index >= 15 is 0 Å². The predicted molar refractivity (Wildman–Crippen MR) is 61.8 cm³/mol. The number of aliphatic hydroxyl groups excluding tert-OH is 1. The number of hydrogen-bond acceptors (Lipinski definition) is 4. The Morgan fingerprint density at radius 1 is 0.882 bits per heavy atom. The van der Waals surface area contributed by atoms with Crippen LogP contribution in [0.4, 0.5) is 0 Å². The summed E-state index contributed by atoms with van der Waals surface area (Å²) >= 11 is 0. The highest BCUT2D eigenvalue weighted by Gasteiger charge is 2.12. The molecule has 1 heterocycles. The lowest BCUT2D eigenvalue weighted by atomic mass is 10.5. The zero-order valence-corrected chi connectivity index (χ0v) is 9.20. The summed E-state index contributed by atoms with van der Waals surface area (Å²) in [4.78, 5) is 35.1. The first-order valence-corrected chi connectivity index (χ1v) is 4.85. The first-order chi connectivity index (χ1) is 8.08. The summed E-state index contributed by atoms with van der Waals surface area (Å²) in [5.41, 5.74) is -2.46. The minimum absolute atomic E-state index is 0.0326. The average Bonchev–Trinajstić information content (AvgIpc) is 2.31. The van der Waals surface area contributed by atoms with Crippen molar-refractivity contribution in [2.45, 2.75) is 19.8 Å². The first kappa shape index (κ1) is 12.9. The molecule has 0 fully saturated rings. The summed E-state index contributed by atoms with van der Waals surface area (Å²) in [5.74, 6) is 0. The summed E-state index contributed by atoms with van der Waals surface area (Å²) in [5, 5.41) is 8.96. The fraction of sp³-hybridized carbons (Fsp3) is 0.300. The van der Waals surface area contributed by atoms with Crippen LogP contribution in [-0.4, -0.2) is 18.8 Å². The van der Waals surface area contributed by atoms with E-state index in [-0.39, 0.29) is 13.1 Å². The molecular weight excluding hydrogens is 226 g/mol. The molecule has 0 radical (unpaired) electrons. The largest absolute Gasteiger partial charge is 0.376 e. The monoisotopic (exact) mass is 239 g/mol. The quantitative estimate of drug-likeness (QED) is 0.633. The highest BCUT2D eigenvalue weighted by atomic mass is 16.3. The number of allylic oxidation sites excluding steroid dienone is 2. The fourth-order valence-corrected chi connectivity index (χ4v) is 1.37. The molecule has 17 heavy (non-hydrogen) atoms. The Labute approximate surface area is 96.2 Å². The zero-order chi connectivity index (χ0) is 13.0. The second-order valence-electron chi connectivity index (χ2n) is 3.22. The summed E-state index contributed by atoms with van der Waals surface area (Å²) in [6.07, 6.45) is 2.71. The van der Waals surface area contributed by atoms with Crippen molar-refractivity contribution in [2.75, 3.05) is 0 Å². The molecule has 0 aliphatic rings. The van der Waals surface area contributed by atoms with Crippen LogP contribution in [0.25, 0.3) is 0 Å². The lowest BCUT2D eigenvalue weighted by Gasteiger charge is -2.09. The summed E-state index contributed by atoms with van der Waals surface area (Å²) in [6.45, 7) is 5.98. The number of nitrogens with zero attached hydrogens (tertiary/aromatic N) is 3. The minimum Gasteiger partial charge on any atom is -0.376 e. The van der Waals surface area contributed by atoms with Gasteiger partial charge in [-0.15, -0.1) is 13.2 Å². The molecule has 0 aliphatic heterocycles. The van der Waals surface area contributed by atoms with Crippen LogP contribution in [0.1, 0.15) is 0 Å². The van der Waals surface area contributed by atoms with E-state index in [1.54, 1.807) is 0 Å². The van der Waals surface area contributed by atoms with E-state index in [1.165, 1.54) is 12.2 Å². The van der Waals surface area contributed by atoms with Gasteiger partial charge in [-0.05, 0) is 0 Å². The van der Waals surface area contributed by atoms with E-state index in [0.29, 0.717) is 4.57 Å². The number of aromatic nitrogens is 3. The van der Waals surface area contributed by atoms with Crippen LogP contribution in [0.5, 0.6) is 0 Å². The van der Waals surface area contributed by atoms with E-state index < -0.39 is 23.8 Å². The molecule has 92 valence electrons. The van der Waals surface area contributed by atoms with E-state index in [0.717, 1.165) is 9.13 Å². The van der Waals surface area contributed by atoms with Crippen molar-refractivity contribution < 1.29 is 5.11 Å². The van der Waals surface area contributed by atoms with Crippen LogP contribution in [-0.2, 0) is 19.8 Å². The Hall–Kier alpha value is -2.15. The first-order valence-electron chi connectivity index (χ1n) is 4.85. The molecule has 1 rings (SSSR count). The van der Waals surface area contributed by atoms with Crippen molar-refractivity contribution in [3.8, 4) is 0 Å². The molecule has 0 bridgehead atoms. The topological polar surface area (TPSA) is 86.2 Å². The summed E-state index contributed by atoms with van der Waals surface area (Å²) < 4.78 is 2.19. The maximum Gasteiger partial charge on any atom is 0.338 e. The Kier molecular flexibility index (Phi) is 4.00. The Balaban J connectivity index is 3.75. The van der Waals surface area contributed by atoms with Crippen LogP contribution >= 0.6 is 0 Å². The SMILES string of the molecule is C=CCn1c(=O)n(CO)c(=O)n(CC=C)c1=O. The van der Waals surface area contributed by atoms with E-state index in [4.69, 9.17) is 5.11 Å². The standard InChI is InChI=1S/C10H13N3O4/c1-3-5-11-8(15)12(6-4-2)10(17)13(7-14)9(11)16/h3-4,14H,1-2,5-7H2. The van der Waals surface area contributed by atoms with Gasteiger partial charge in [0, 0.05) is 0 Å². The van der Waals surface area contributed by atoms with Crippen molar-refractivity contribution in [1.82, 2.24) is 13.7 Å². The molecule has 0 atom stereocenters. The van der Waals surface area contributed by atoms with Crippen LogP contribution in [0.3, 0.4) is 0 Å². The Morgan fingerprint density at radius 3 is 1.53 bits per heavy atom. The number of aliphatic hydroxyl groups is 1. The third-order valence-corrected chi connectivity index (χ3v) is 2.15. The van der Waals surface area contributed by atoms with Crippen LogP contribution < -0.4 is 17.1 Å². The van der Waals surface area contributed by atoms with Gasteiger partial charge in [-0.25, -0.2) is 28.1 Å². The van der Waals surface area contributed by atoms with Crippen molar-refractivity contribution in [3.05, 3.63) is 56.8 Å². The molecule has 0 unspecified atom stereocenters. The third kappa shape index (κ3) is 2.18. The molecule has 1 aromatic rings. The van der Waals surface area contributed by atoms with Gasteiger partial charge in [0.1, 0.15) is 6.73 Å². The van der Waals surface area contributed by atoms with Gasteiger partial charge < -0.3 is 5.11 Å². The van der Waals surface area contributed by atoms with Crippen molar-refractivity contribution in [2.24, 2.45) is 0 Å². The smallest absolute Gasteiger partial charge is 0.338 e. The van der Waals surface area contributed by atoms with Crippen molar-refractivity contribution in [3.63, 3.8) is 0 Å². The molecular formula is C10H13N3O4.